The zero-order chi connectivity index (χ0) is 24.9. The smallest absolute Gasteiger partial charge is 0.257 e. The van der Waals surface area contributed by atoms with Crippen LogP contribution in [0, 0.1) is 11.6 Å². The summed E-state index contributed by atoms with van der Waals surface area (Å²) in [4.78, 5) is 24.3. The number of aromatic nitrogens is 3. The summed E-state index contributed by atoms with van der Waals surface area (Å²) in [7, 11) is 2.95. The molecule has 11 heteroatoms. The second-order valence-corrected chi connectivity index (χ2v) is 7.15. The number of benzene rings is 1. The van der Waals surface area contributed by atoms with Crippen molar-refractivity contribution in [3.05, 3.63) is 66.0 Å². The molecule has 0 spiro atoms. The number of carbonyl (C=O) groups is 1. The molecule has 0 saturated carbocycles. The van der Waals surface area contributed by atoms with Crippen LogP contribution in [-0.2, 0) is 4.74 Å². The van der Waals surface area contributed by atoms with Crippen LogP contribution < -0.4 is 19.9 Å². The van der Waals surface area contributed by atoms with Crippen molar-refractivity contribution in [1.29, 1.82) is 0 Å². The van der Waals surface area contributed by atoms with Gasteiger partial charge in [0.05, 0.1) is 30.5 Å². The van der Waals surface area contributed by atoms with Crippen LogP contribution in [0.1, 0.15) is 10.4 Å². The van der Waals surface area contributed by atoms with E-state index in [1.165, 1.54) is 37.7 Å². The third-order valence-electron chi connectivity index (χ3n) is 4.90. The fraction of sp³-hybridized carbons (Fsp3) is 0.167. The molecule has 3 aromatic heterocycles. The fourth-order valence-corrected chi connectivity index (χ4v) is 3.32. The number of primary amides is 1. The van der Waals surface area contributed by atoms with Crippen LogP contribution in [0.25, 0.3) is 22.3 Å². The summed E-state index contributed by atoms with van der Waals surface area (Å²) in [5, 5.41) is 0. The first-order valence-electron chi connectivity index (χ1n) is 10.3. The lowest BCUT2D eigenvalue weighted by molar-refractivity contribution is 0.100. The van der Waals surface area contributed by atoms with E-state index < -0.39 is 23.3 Å². The highest BCUT2D eigenvalue weighted by Crippen LogP contribution is 2.37. The van der Waals surface area contributed by atoms with Gasteiger partial charge in [0.15, 0.2) is 28.9 Å². The lowest BCUT2D eigenvalue weighted by Crippen LogP contribution is -2.13. The molecule has 4 aromatic rings. The molecule has 9 nitrogen and oxygen atoms in total. The predicted molar refractivity (Wildman–Crippen MR) is 122 cm³/mol. The van der Waals surface area contributed by atoms with Gasteiger partial charge in [-0.1, -0.05) is 0 Å². The zero-order valence-electron chi connectivity index (χ0n) is 18.7. The number of hydrogen-bond donors (Lipinski definition) is 1. The Balaban J connectivity index is 1.72. The molecular formula is C24H20F2N4O5. The third kappa shape index (κ3) is 4.94. The number of carbonyl (C=O) groups excluding carboxylic acids is 1. The normalized spacial score (nSPS) is 10.9. The molecule has 1 amide bonds. The van der Waals surface area contributed by atoms with Crippen LogP contribution in [0.15, 0.2) is 48.8 Å². The zero-order valence-corrected chi connectivity index (χ0v) is 18.7. The van der Waals surface area contributed by atoms with E-state index in [1.807, 2.05) is 0 Å². The molecule has 0 aliphatic heterocycles. The summed E-state index contributed by atoms with van der Waals surface area (Å²) < 4.78 is 51.4. The number of methoxy groups -OCH3 is 2. The summed E-state index contributed by atoms with van der Waals surface area (Å²) >= 11 is 0. The lowest BCUT2D eigenvalue weighted by Gasteiger charge is -2.14. The molecule has 35 heavy (non-hydrogen) atoms. The number of ether oxygens (including phenoxy) is 4. The van der Waals surface area contributed by atoms with Gasteiger partial charge in [-0.05, 0) is 24.3 Å². The molecule has 0 atom stereocenters. The van der Waals surface area contributed by atoms with Gasteiger partial charge in [0.1, 0.15) is 12.1 Å². The highest BCUT2D eigenvalue weighted by atomic mass is 19.1. The molecule has 0 unspecified atom stereocenters. The van der Waals surface area contributed by atoms with Crippen molar-refractivity contribution >= 4 is 16.9 Å². The summed E-state index contributed by atoms with van der Waals surface area (Å²) in [5.41, 5.74) is 6.01. The first-order chi connectivity index (χ1) is 16.9. The summed E-state index contributed by atoms with van der Waals surface area (Å²) in [6.07, 6.45) is 2.79. The standard InChI is InChI=1S/C24H20F2N4O5/c1-32-8-9-34-19-12-17-21(30-24(19)33-2)18(5-7-28-17)35-22-15(25)10-13(11-16(22)26)20-14(23(27)31)4-3-6-29-20/h3-7,10-12H,8-9H2,1-2H3,(H2,27,31). The molecule has 1 aromatic carbocycles. The molecule has 0 aliphatic rings. The van der Waals surface area contributed by atoms with E-state index in [1.54, 1.807) is 13.2 Å². The van der Waals surface area contributed by atoms with Gasteiger partial charge >= 0.3 is 0 Å². The molecule has 0 fully saturated rings. The molecule has 3 heterocycles. The molecule has 4 rings (SSSR count). The fourth-order valence-electron chi connectivity index (χ4n) is 3.32. The number of fused-ring (bicyclic) bond motifs is 1. The Morgan fingerprint density at radius 2 is 1.77 bits per heavy atom. The van der Waals surface area contributed by atoms with E-state index in [0.29, 0.717) is 17.9 Å². The van der Waals surface area contributed by atoms with E-state index in [4.69, 9.17) is 24.7 Å². The van der Waals surface area contributed by atoms with Gasteiger partial charge in [-0.25, -0.2) is 13.8 Å². The van der Waals surface area contributed by atoms with Crippen LogP contribution in [-0.4, -0.2) is 48.3 Å². The minimum absolute atomic E-state index is 0.0268. The van der Waals surface area contributed by atoms with Crippen molar-refractivity contribution in [2.24, 2.45) is 5.73 Å². The van der Waals surface area contributed by atoms with Crippen molar-refractivity contribution in [2.75, 3.05) is 27.4 Å². The first kappa shape index (κ1) is 23.8. The Morgan fingerprint density at radius 3 is 2.46 bits per heavy atom. The monoisotopic (exact) mass is 482 g/mol. The first-order valence-corrected chi connectivity index (χ1v) is 10.3. The highest BCUT2D eigenvalue weighted by molar-refractivity contribution is 5.98. The summed E-state index contributed by atoms with van der Waals surface area (Å²) in [5.74, 6) is -2.98. The third-order valence-corrected chi connectivity index (χ3v) is 4.90. The van der Waals surface area contributed by atoms with Gasteiger partial charge in [-0.3, -0.25) is 14.8 Å². The number of nitrogens with two attached hydrogens (primary N) is 1. The maximum Gasteiger partial charge on any atom is 0.257 e. The van der Waals surface area contributed by atoms with Gasteiger partial charge in [0, 0.05) is 37.2 Å². The largest absolute Gasteiger partial charge is 0.485 e. The van der Waals surface area contributed by atoms with Crippen LogP contribution in [0.3, 0.4) is 0 Å². The van der Waals surface area contributed by atoms with Crippen LogP contribution in [0.5, 0.6) is 23.1 Å². The Bertz CT molecular complexity index is 1380. The maximum absolute atomic E-state index is 15.0. The van der Waals surface area contributed by atoms with E-state index >= 15 is 0 Å². The van der Waals surface area contributed by atoms with E-state index in [0.717, 1.165) is 12.1 Å². The van der Waals surface area contributed by atoms with Crippen molar-refractivity contribution in [1.82, 2.24) is 15.0 Å². The predicted octanol–water partition coefficient (Wildman–Crippen LogP) is 3.90. The molecule has 0 saturated heterocycles. The molecular weight excluding hydrogens is 462 g/mol. The van der Waals surface area contributed by atoms with Crippen LogP contribution >= 0.6 is 0 Å². The number of amides is 1. The quantitative estimate of drug-likeness (QED) is 0.357. The summed E-state index contributed by atoms with van der Waals surface area (Å²) in [6, 6.07) is 7.92. The average molecular weight is 482 g/mol. The van der Waals surface area contributed by atoms with Gasteiger partial charge in [0.25, 0.3) is 11.8 Å². The second-order valence-electron chi connectivity index (χ2n) is 7.15. The Hall–Kier alpha value is -4.38. The molecule has 2 N–H and O–H groups in total. The molecule has 0 bridgehead atoms. The van der Waals surface area contributed by atoms with Gasteiger partial charge < -0.3 is 24.7 Å². The van der Waals surface area contributed by atoms with Crippen molar-refractivity contribution in [3.63, 3.8) is 0 Å². The van der Waals surface area contributed by atoms with Crippen LogP contribution in [0.4, 0.5) is 8.78 Å². The molecule has 0 aliphatic carbocycles. The highest BCUT2D eigenvalue weighted by Gasteiger charge is 2.20. The minimum atomic E-state index is -1.02. The summed E-state index contributed by atoms with van der Waals surface area (Å²) in [6.45, 7) is 0.610. The topological polar surface area (TPSA) is 119 Å². The maximum atomic E-state index is 15.0. The van der Waals surface area contributed by atoms with Gasteiger partial charge in [-0.2, -0.15) is 0 Å². The Labute approximate surface area is 198 Å². The number of hydrogen-bond acceptors (Lipinski definition) is 8. The van der Waals surface area contributed by atoms with E-state index in [2.05, 4.69) is 15.0 Å². The lowest BCUT2D eigenvalue weighted by atomic mass is 10.0. The van der Waals surface area contributed by atoms with Crippen molar-refractivity contribution in [3.8, 4) is 34.4 Å². The van der Waals surface area contributed by atoms with E-state index in [-0.39, 0.29) is 40.6 Å². The minimum Gasteiger partial charge on any atom is -0.485 e. The second kappa shape index (κ2) is 10.3. The Kier molecular flexibility index (Phi) is 6.97. The van der Waals surface area contributed by atoms with Crippen molar-refractivity contribution < 1.29 is 32.5 Å². The molecule has 0 radical (unpaired) electrons. The SMILES string of the molecule is COCCOc1cc2nccc(Oc3c(F)cc(-c4ncccc4C(N)=O)cc3F)c2nc1OC. The van der Waals surface area contributed by atoms with Gasteiger partial charge in [-0.15, -0.1) is 0 Å². The van der Waals surface area contributed by atoms with Crippen molar-refractivity contribution in [2.45, 2.75) is 0 Å². The van der Waals surface area contributed by atoms with E-state index in [9.17, 15) is 13.6 Å². The number of rotatable bonds is 9. The molecule has 180 valence electrons. The number of halogens is 2. The van der Waals surface area contributed by atoms with Gasteiger partial charge in [0.2, 0.25) is 0 Å². The Morgan fingerprint density at radius 1 is 1.00 bits per heavy atom. The number of nitrogens with zero attached hydrogens (tertiary/aromatic N) is 3. The number of pyridine rings is 3. The average Bonchev–Trinajstić information content (AvgIpc) is 2.85. The van der Waals surface area contributed by atoms with Crippen LogP contribution in [0.2, 0.25) is 0 Å².